The standard InChI is InChI=1S/C9H5BrF2N2O/c10-4-1-5(11)8(6(12)2-4)9-7(13)3-14-15-9/h1-3H,13H2. The van der Waals surface area contributed by atoms with E-state index in [9.17, 15) is 8.78 Å². The maximum absolute atomic E-state index is 13.4. The van der Waals surface area contributed by atoms with Crippen LogP contribution in [0.2, 0.25) is 0 Å². The van der Waals surface area contributed by atoms with Gasteiger partial charge in [0.2, 0.25) is 0 Å². The fraction of sp³-hybridized carbons (Fsp3) is 0. The molecule has 0 atom stereocenters. The van der Waals surface area contributed by atoms with Gasteiger partial charge in [0.05, 0.1) is 11.8 Å². The molecule has 0 spiro atoms. The Bertz CT molecular complexity index is 490. The zero-order chi connectivity index (χ0) is 11.0. The van der Waals surface area contributed by atoms with Crippen LogP contribution in [-0.2, 0) is 0 Å². The van der Waals surface area contributed by atoms with E-state index < -0.39 is 11.6 Å². The van der Waals surface area contributed by atoms with Gasteiger partial charge >= 0.3 is 0 Å². The molecule has 1 aromatic heterocycles. The lowest BCUT2D eigenvalue weighted by Crippen LogP contribution is -1.92. The number of hydrogen-bond donors (Lipinski definition) is 1. The van der Waals surface area contributed by atoms with E-state index in [1.165, 1.54) is 6.20 Å². The van der Waals surface area contributed by atoms with E-state index >= 15 is 0 Å². The molecule has 1 aromatic carbocycles. The molecule has 0 radical (unpaired) electrons. The number of nitrogens with two attached hydrogens (primary N) is 1. The number of nitrogens with zero attached hydrogens (tertiary/aromatic N) is 1. The molecule has 15 heavy (non-hydrogen) atoms. The van der Waals surface area contributed by atoms with Gasteiger partial charge in [0.25, 0.3) is 0 Å². The van der Waals surface area contributed by atoms with Crippen molar-refractivity contribution in [1.82, 2.24) is 5.16 Å². The summed E-state index contributed by atoms with van der Waals surface area (Å²) in [6.07, 6.45) is 1.19. The van der Waals surface area contributed by atoms with Crippen LogP contribution < -0.4 is 5.73 Å². The second-order valence-electron chi connectivity index (χ2n) is 2.85. The molecule has 0 fully saturated rings. The molecule has 0 aliphatic carbocycles. The number of aromatic nitrogens is 1. The van der Waals surface area contributed by atoms with E-state index in [4.69, 9.17) is 5.73 Å². The first-order valence-electron chi connectivity index (χ1n) is 3.94. The molecule has 6 heteroatoms. The van der Waals surface area contributed by atoms with Gasteiger partial charge in [-0.2, -0.15) is 0 Å². The number of halogens is 3. The van der Waals surface area contributed by atoms with E-state index in [1.54, 1.807) is 0 Å². The molecule has 2 N–H and O–H groups in total. The van der Waals surface area contributed by atoms with Crippen molar-refractivity contribution in [2.24, 2.45) is 0 Å². The van der Waals surface area contributed by atoms with Crippen LogP contribution in [0.3, 0.4) is 0 Å². The van der Waals surface area contributed by atoms with E-state index in [1.807, 2.05) is 0 Å². The van der Waals surface area contributed by atoms with Gasteiger partial charge in [-0.25, -0.2) is 8.78 Å². The molecular weight excluding hydrogens is 270 g/mol. The van der Waals surface area contributed by atoms with E-state index in [0.29, 0.717) is 4.47 Å². The van der Waals surface area contributed by atoms with Crippen molar-refractivity contribution in [1.29, 1.82) is 0 Å². The van der Waals surface area contributed by atoms with Gasteiger partial charge < -0.3 is 10.3 Å². The van der Waals surface area contributed by atoms with E-state index in [2.05, 4.69) is 25.6 Å². The number of benzene rings is 1. The Morgan fingerprint density at radius 3 is 2.33 bits per heavy atom. The largest absolute Gasteiger partial charge is 0.394 e. The predicted octanol–water partition coefficient (Wildman–Crippen LogP) is 2.96. The Morgan fingerprint density at radius 2 is 1.87 bits per heavy atom. The number of hydrogen-bond acceptors (Lipinski definition) is 3. The van der Waals surface area contributed by atoms with Crippen LogP contribution in [0.1, 0.15) is 0 Å². The summed E-state index contributed by atoms with van der Waals surface area (Å²) >= 11 is 2.97. The van der Waals surface area contributed by atoms with Gasteiger partial charge in [-0.15, -0.1) is 0 Å². The quantitative estimate of drug-likeness (QED) is 0.870. The average molecular weight is 275 g/mol. The Balaban J connectivity index is 2.68. The molecule has 0 bridgehead atoms. The number of nitrogen functional groups attached to an aromatic ring is 1. The topological polar surface area (TPSA) is 52.0 Å². The van der Waals surface area contributed by atoms with Gasteiger partial charge in [0.1, 0.15) is 17.3 Å². The summed E-state index contributed by atoms with van der Waals surface area (Å²) in [6, 6.07) is 2.25. The summed E-state index contributed by atoms with van der Waals surface area (Å²) in [5, 5.41) is 3.36. The third-order valence-electron chi connectivity index (χ3n) is 1.83. The maximum Gasteiger partial charge on any atom is 0.195 e. The Hall–Kier alpha value is -1.43. The monoisotopic (exact) mass is 274 g/mol. The Labute approximate surface area is 92.0 Å². The summed E-state index contributed by atoms with van der Waals surface area (Å²) in [5.41, 5.74) is 5.23. The molecule has 3 nitrogen and oxygen atoms in total. The average Bonchev–Trinajstić information content (AvgIpc) is 2.50. The zero-order valence-electron chi connectivity index (χ0n) is 7.30. The van der Waals surface area contributed by atoms with Crippen molar-refractivity contribution in [3.05, 3.63) is 34.4 Å². The first-order chi connectivity index (χ1) is 7.09. The van der Waals surface area contributed by atoms with Crippen LogP contribution >= 0.6 is 15.9 Å². The van der Waals surface area contributed by atoms with E-state index in [0.717, 1.165) is 12.1 Å². The summed E-state index contributed by atoms with van der Waals surface area (Å²) in [4.78, 5) is 0. The maximum atomic E-state index is 13.4. The second kappa shape index (κ2) is 3.62. The Kier molecular flexibility index (Phi) is 2.44. The van der Waals surface area contributed by atoms with Crippen LogP contribution in [0.4, 0.5) is 14.5 Å². The van der Waals surface area contributed by atoms with Crippen molar-refractivity contribution in [3.8, 4) is 11.3 Å². The SMILES string of the molecule is Nc1cnoc1-c1c(F)cc(Br)cc1F. The summed E-state index contributed by atoms with van der Waals surface area (Å²) in [6.45, 7) is 0. The minimum absolute atomic E-state index is 0.0927. The second-order valence-corrected chi connectivity index (χ2v) is 3.77. The molecule has 0 aliphatic heterocycles. The highest BCUT2D eigenvalue weighted by molar-refractivity contribution is 9.10. The van der Waals surface area contributed by atoms with Crippen molar-refractivity contribution in [3.63, 3.8) is 0 Å². The van der Waals surface area contributed by atoms with Crippen molar-refractivity contribution < 1.29 is 13.3 Å². The van der Waals surface area contributed by atoms with Gasteiger partial charge in [-0.05, 0) is 12.1 Å². The molecule has 78 valence electrons. The van der Waals surface area contributed by atoms with Crippen LogP contribution in [0.15, 0.2) is 27.3 Å². The first-order valence-corrected chi connectivity index (χ1v) is 4.74. The zero-order valence-corrected chi connectivity index (χ0v) is 8.88. The highest BCUT2D eigenvalue weighted by Crippen LogP contribution is 2.32. The Morgan fingerprint density at radius 1 is 1.27 bits per heavy atom. The molecular formula is C9H5BrF2N2O. The summed E-state index contributed by atoms with van der Waals surface area (Å²) in [7, 11) is 0. The molecule has 1 heterocycles. The van der Waals surface area contributed by atoms with Gasteiger partial charge in [-0.3, -0.25) is 0 Å². The molecule has 0 amide bonds. The number of anilines is 1. The third-order valence-corrected chi connectivity index (χ3v) is 2.29. The van der Waals surface area contributed by atoms with Gasteiger partial charge in [0, 0.05) is 4.47 Å². The predicted molar refractivity (Wildman–Crippen MR) is 54.0 cm³/mol. The minimum atomic E-state index is -0.759. The fourth-order valence-corrected chi connectivity index (χ4v) is 1.60. The first kappa shape index (κ1) is 10.1. The molecule has 2 aromatic rings. The van der Waals surface area contributed by atoms with Crippen LogP contribution in [0.5, 0.6) is 0 Å². The van der Waals surface area contributed by atoms with Crippen molar-refractivity contribution in [2.45, 2.75) is 0 Å². The van der Waals surface area contributed by atoms with Crippen molar-refractivity contribution in [2.75, 3.05) is 5.73 Å². The molecule has 0 unspecified atom stereocenters. The fourth-order valence-electron chi connectivity index (χ4n) is 1.20. The summed E-state index contributed by atoms with van der Waals surface area (Å²) < 4.78 is 31.9. The third kappa shape index (κ3) is 1.72. The van der Waals surface area contributed by atoms with Gasteiger partial charge in [0.15, 0.2) is 5.76 Å². The minimum Gasteiger partial charge on any atom is -0.394 e. The normalized spacial score (nSPS) is 10.6. The number of rotatable bonds is 1. The lowest BCUT2D eigenvalue weighted by atomic mass is 10.1. The van der Waals surface area contributed by atoms with Crippen LogP contribution in [0, 0.1) is 11.6 Å². The highest BCUT2D eigenvalue weighted by Gasteiger charge is 2.18. The van der Waals surface area contributed by atoms with E-state index in [-0.39, 0.29) is 17.0 Å². The molecule has 0 saturated heterocycles. The smallest absolute Gasteiger partial charge is 0.195 e. The molecule has 0 saturated carbocycles. The lowest BCUT2D eigenvalue weighted by molar-refractivity contribution is 0.427. The van der Waals surface area contributed by atoms with Crippen molar-refractivity contribution >= 4 is 21.6 Å². The summed E-state index contributed by atoms with van der Waals surface area (Å²) in [5.74, 6) is -1.62. The molecule has 0 aliphatic rings. The lowest BCUT2D eigenvalue weighted by Gasteiger charge is -2.02. The van der Waals surface area contributed by atoms with Gasteiger partial charge in [-0.1, -0.05) is 21.1 Å². The molecule has 2 rings (SSSR count). The van der Waals surface area contributed by atoms with Crippen LogP contribution in [-0.4, -0.2) is 5.16 Å². The highest BCUT2D eigenvalue weighted by atomic mass is 79.9. The van der Waals surface area contributed by atoms with Crippen LogP contribution in [0.25, 0.3) is 11.3 Å².